The minimum Gasteiger partial charge on any atom is -0.464 e. The standard InChI is InChI=1S/C13H22N2O2S/c1-6-8(2)7-9(3)14-13-15-11(10(4)18-13)12(16)17-5/h8-9H,6-7H2,1-5H3,(H,14,15). The van der Waals surface area contributed by atoms with Gasteiger partial charge in [0.1, 0.15) is 0 Å². The van der Waals surface area contributed by atoms with Crippen molar-refractivity contribution in [3.63, 3.8) is 0 Å². The summed E-state index contributed by atoms with van der Waals surface area (Å²) in [5, 5.41) is 4.14. The third kappa shape index (κ3) is 3.98. The van der Waals surface area contributed by atoms with Gasteiger partial charge in [-0.05, 0) is 26.2 Å². The summed E-state index contributed by atoms with van der Waals surface area (Å²) in [6.45, 7) is 8.46. The van der Waals surface area contributed by atoms with Gasteiger partial charge in [-0.1, -0.05) is 20.3 Å². The fourth-order valence-corrected chi connectivity index (χ4v) is 2.70. The first-order chi connectivity index (χ1) is 8.47. The van der Waals surface area contributed by atoms with Crippen molar-refractivity contribution in [1.29, 1.82) is 0 Å². The molecule has 0 aliphatic rings. The van der Waals surface area contributed by atoms with Gasteiger partial charge in [0.15, 0.2) is 10.8 Å². The molecule has 0 fully saturated rings. The van der Waals surface area contributed by atoms with Crippen molar-refractivity contribution < 1.29 is 9.53 Å². The van der Waals surface area contributed by atoms with Crippen molar-refractivity contribution in [2.45, 2.75) is 46.6 Å². The zero-order valence-corrected chi connectivity index (χ0v) is 12.6. The summed E-state index contributed by atoms with van der Waals surface area (Å²) in [7, 11) is 1.37. The average Bonchev–Trinajstić information content (AvgIpc) is 2.68. The number of thiazole rings is 1. The van der Waals surface area contributed by atoms with Crippen LogP contribution in [0.1, 0.15) is 49.0 Å². The Bertz CT molecular complexity index is 404. The number of aryl methyl sites for hydroxylation is 1. The number of nitrogens with one attached hydrogen (secondary N) is 1. The molecule has 2 atom stereocenters. The first kappa shape index (κ1) is 15.0. The van der Waals surface area contributed by atoms with Gasteiger partial charge in [0, 0.05) is 10.9 Å². The molecule has 0 aromatic carbocycles. The van der Waals surface area contributed by atoms with Crippen LogP contribution in [0.3, 0.4) is 0 Å². The largest absolute Gasteiger partial charge is 0.464 e. The molecule has 102 valence electrons. The van der Waals surface area contributed by atoms with Crippen LogP contribution in [0.25, 0.3) is 0 Å². The fraction of sp³-hybridized carbons (Fsp3) is 0.692. The molecule has 0 aliphatic carbocycles. The molecule has 0 amide bonds. The summed E-state index contributed by atoms with van der Waals surface area (Å²) in [5.74, 6) is 0.319. The minimum absolute atomic E-state index is 0.357. The quantitative estimate of drug-likeness (QED) is 0.804. The van der Waals surface area contributed by atoms with Crippen LogP contribution in [-0.2, 0) is 4.74 Å². The van der Waals surface area contributed by atoms with E-state index in [0.717, 1.165) is 16.4 Å². The number of hydrogen-bond donors (Lipinski definition) is 1. The van der Waals surface area contributed by atoms with E-state index < -0.39 is 0 Å². The van der Waals surface area contributed by atoms with Crippen LogP contribution in [0.15, 0.2) is 0 Å². The molecular weight excluding hydrogens is 248 g/mol. The Labute approximate surface area is 113 Å². The molecule has 4 nitrogen and oxygen atoms in total. The molecule has 1 N–H and O–H groups in total. The Morgan fingerprint density at radius 3 is 2.72 bits per heavy atom. The number of carbonyl (C=O) groups is 1. The highest BCUT2D eigenvalue weighted by atomic mass is 32.1. The lowest BCUT2D eigenvalue weighted by Gasteiger charge is -2.16. The Hall–Kier alpha value is -1.10. The maximum Gasteiger partial charge on any atom is 0.357 e. The smallest absolute Gasteiger partial charge is 0.357 e. The Morgan fingerprint density at radius 2 is 2.17 bits per heavy atom. The molecular formula is C13H22N2O2S. The second kappa shape index (κ2) is 6.73. The first-order valence-corrected chi connectivity index (χ1v) is 7.11. The van der Waals surface area contributed by atoms with Crippen molar-refractivity contribution in [1.82, 2.24) is 4.98 Å². The predicted octanol–water partition coefficient (Wildman–Crippen LogP) is 3.47. The van der Waals surface area contributed by atoms with Gasteiger partial charge < -0.3 is 10.1 Å². The van der Waals surface area contributed by atoms with E-state index in [1.165, 1.54) is 24.9 Å². The van der Waals surface area contributed by atoms with Crippen LogP contribution in [0.2, 0.25) is 0 Å². The van der Waals surface area contributed by atoms with Gasteiger partial charge in [0.05, 0.1) is 7.11 Å². The maximum atomic E-state index is 11.5. The van der Waals surface area contributed by atoms with E-state index in [2.05, 4.69) is 31.1 Å². The summed E-state index contributed by atoms with van der Waals surface area (Å²) in [5.41, 5.74) is 0.417. The number of rotatable bonds is 6. The van der Waals surface area contributed by atoms with Crippen LogP contribution in [0.5, 0.6) is 0 Å². The molecule has 0 saturated carbocycles. The number of aromatic nitrogens is 1. The van der Waals surface area contributed by atoms with E-state index in [-0.39, 0.29) is 5.97 Å². The van der Waals surface area contributed by atoms with E-state index >= 15 is 0 Å². The summed E-state index contributed by atoms with van der Waals surface area (Å²) in [6, 6.07) is 0.357. The van der Waals surface area contributed by atoms with Crippen LogP contribution in [0, 0.1) is 12.8 Å². The van der Waals surface area contributed by atoms with E-state index in [1.54, 1.807) is 0 Å². The van der Waals surface area contributed by atoms with Crippen molar-refractivity contribution in [3.05, 3.63) is 10.6 Å². The zero-order valence-electron chi connectivity index (χ0n) is 11.7. The Morgan fingerprint density at radius 1 is 1.50 bits per heavy atom. The summed E-state index contributed by atoms with van der Waals surface area (Å²) in [4.78, 5) is 16.6. The molecule has 0 saturated heterocycles. The third-order valence-corrected chi connectivity index (χ3v) is 3.90. The number of nitrogens with zero attached hydrogens (tertiary/aromatic N) is 1. The fourth-order valence-electron chi connectivity index (χ4n) is 1.78. The van der Waals surface area contributed by atoms with Gasteiger partial charge in [0.25, 0.3) is 0 Å². The molecule has 1 rings (SSSR count). The molecule has 0 aliphatic heterocycles. The second-order valence-corrected chi connectivity index (χ2v) is 5.91. The predicted molar refractivity (Wildman–Crippen MR) is 75.3 cm³/mol. The lowest BCUT2D eigenvalue weighted by molar-refractivity contribution is 0.0594. The SMILES string of the molecule is CCC(C)CC(C)Nc1nc(C(=O)OC)c(C)s1. The molecule has 0 bridgehead atoms. The number of anilines is 1. The van der Waals surface area contributed by atoms with Crippen molar-refractivity contribution in [2.24, 2.45) is 5.92 Å². The Balaban J connectivity index is 2.65. The molecule has 0 spiro atoms. The number of esters is 1. The van der Waals surface area contributed by atoms with Crippen molar-refractivity contribution in [2.75, 3.05) is 12.4 Å². The minimum atomic E-state index is -0.369. The highest BCUT2D eigenvalue weighted by Crippen LogP contribution is 2.24. The van der Waals surface area contributed by atoms with Crippen LogP contribution < -0.4 is 5.32 Å². The maximum absolute atomic E-state index is 11.5. The molecule has 1 aromatic rings. The van der Waals surface area contributed by atoms with Gasteiger partial charge in [-0.2, -0.15) is 0 Å². The van der Waals surface area contributed by atoms with E-state index in [0.29, 0.717) is 17.7 Å². The number of hydrogen-bond acceptors (Lipinski definition) is 5. The van der Waals surface area contributed by atoms with Crippen molar-refractivity contribution in [3.8, 4) is 0 Å². The topological polar surface area (TPSA) is 51.2 Å². The van der Waals surface area contributed by atoms with Gasteiger partial charge >= 0.3 is 5.97 Å². The highest BCUT2D eigenvalue weighted by Gasteiger charge is 2.17. The second-order valence-electron chi connectivity index (χ2n) is 4.71. The van der Waals surface area contributed by atoms with Crippen LogP contribution in [-0.4, -0.2) is 24.1 Å². The van der Waals surface area contributed by atoms with Gasteiger partial charge in [-0.3, -0.25) is 0 Å². The third-order valence-electron chi connectivity index (χ3n) is 3.00. The number of ether oxygens (including phenoxy) is 1. The van der Waals surface area contributed by atoms with E-state index in [4.69, 9.17) is 4.74 Å². The Kier molecular flexibility index (Phi) is 5.59. The highest BCUT2D eigenvalue weighted by molar-refractivity contribution is 7.15. The number of methoxy groups -OCH3 is 1. The normalized spacial score (nSPS) is 14.1. The first-order valence-electron chi connectivity index (χ1n) is 6.30. The van der Waals surface area contributed by atoms with Crippen LogP contribution in [0.4, 0.5) is 5.13 Å². The zero-order chi connectivity index (χ0) is 13.7. The average molecular weight is 270 g/mol. The van der Waals surface area contributed by atoms with Gasteiger partial charge in [-0.15, -0.1) is 11.3 Å². The summed E-state index contributed by atoms with van der Waals surface area (Å²) < 4.78 is 4.69. The summed E-state index contributed by atoms with van der Waals surface area (Å²) >= 11 is 1.50. The molecule has 1 aromatic heterocycles. The summed E-state index contributed by atoms with van der Waals surface area (Å²) in [6.07, 6.45) is 2.28. The van der Waals surface area contributed by atoms with Crippen molar-refractivity contribution >= 4 is 22.4 Å². The molecule has 18 heavy (non-hydrogen) atoms. The van der Waals surface area contributed by atoms with Gasteiger partial charge in [-0.25, -0.2) is 9.78 Å². The monoisotopic (exact) mass is 270 g/mol. The van der Waals surface area contributed by atoms with Gasteiger partial charge in [0.2, 0.25) is 0 Å². The molecule has 5 heteroatoms. The lowest BCUT2D eigenvalue weighted by atomic mass is 10.0. The number of carbonyl (C=O) groups excluding carboxylic acids is 1. The van der Waals surface area contributed by atoms with E-state index in [9.17, 15) is 4.79 Å². The van der Waals surface area contributed by atoms with Crippen LogP contribution >= 0.6 is 11.3 Å². The molecule has 1 heterocycles. The molecule has 2 unspecified atom stereocenters. The lowest BCUT2D eigenvalue weighted by Crippen LogP contribution is -2.18. The molecule has 0 radical (unpaired) electrons. The van der Waals surface area contributed by atoms with E-state index in [1.807, 2.05) is 6.92 Å².